The highest BCUT2D eigenvalue weighted by Crippen LogP contribution is 2.27. The predicted octanol–water partition coefficient (Wildman–Crippen LogP) is 3.49. The summed E-state index contributed by atoms with van der Waals surface area (Å²) in [4.78, 5) is 0. The Kier molecular flexibility index (Phi) is 7.14. The fourth-order valence-corrected chi connectivity index (χ4v) is 3.16. The van der Waals surface area contributed by atoms with Crippen LogP contribution in [0.4, 0.5) is 0 Å². The summed E-state index contributed by atoms with van der Waals surface area (Å²) in [5, 5.41) is 0. The lowest BCUT2D eigenvalue weighted by atomic mass is 10.2. The third-order valence-corrected chi connectivity index (χ3v) is 6.65. The lowest BCUT2D eigenvalue weighted by molar-refractivity contribution is 0.236. The molecule has 0 saturated heterocycles. The normalized spacial score (nSPS) is 14.9. The molecule has 0 rings (SSSR count). The van der Waals surface area contributed by atoms with Gasteiger partial charge < -0.3 is 8.85 Å². The van der Waals surface area contributed by atoms with Crippen molar-refractivity contribution in [2.24, 2.45) is 0 Å². The third-order valence-electron chi connectivity index (χ3n) is 2.95. The van der Waals surface area contributed by atoms with E-state index >= 15 is 0 Å². The monoisotopic (exact) mass is 216 g/mol. The fourth-order valence-electron chi connectivity index (χ4n) is 1.46. The first-order valence-corrected chi connectivity index (χ1v) is 7.71. The Bertz CT molecular complexity index is 165. The minimum Gasteiger partial charge on any atom is -0.398 e. The molecular formula is C11H24O2Si. The first-order chi connectivity index (χ1) is 6.60. The second-order valence-electron chi connectivity index (χ2n) is 3.83. The average Bonchev–Trinajstić information content (AvgIpc) is 2.22. The van der Waals surface area contributed by atoms with Crippen LogP contribution < -0.4 is 0 Å². The van der Waals surface area contributed by atoms with Crippen LogP contribution in [0.2, 0.25) is 12.1 Å². The minimum atomic E-state index is -1.89. The van der Waals surface area contributed by atoms with Crippen molar-refractivity contribution >= 4 is 8.56 Å². The van der Waals surface area contributed by atoms with Crippen LogP contribution in [0, 0.1) is 0 Å². The van der Waals surface area contributed by atoms with Crippen molar-refractivity contribution in [3.8, 4) is 0 Å². The maximum atomic E-state index is 5.50. The van der Waals surface area contributed by atoms with Gasteiger partial charge in [-0.2, -0.15) is 0 Å². The molecule has 0 radical (unpaired) electrons. The Hall–Kier alpha value is -0.123. The Morgan fingerprint density at radius 2 is 1.86 bits per heavy atom. The van der Waals surface area contributed by atoms with Crippen LogP contribution in [-0.2, 0) is 8.85 Å². The van der Waals surface area contributed by atoms with E-state index in [1.54, 1.807) is 14.2 Å². The Labute approximate surface area is 89.6 Å². The number of unbranched alkanes of at least 4 members (excludes halogenated alkanes) is 1. The van der Waals surface area contributed by atoms with E-state index in [1.807, 2.05) is 0 Å². The van der Waals surface area contributed by atoms with Gasteiger partial charge in [-0.05, 0) is 38.3 Å². The van der Waals surface area contributed by atoms with E-state index in [-0.39, 0.29) is 0 Å². The largest absolute Gasteiger partial charge is 0.398 e. The quantitative estimate of drug-likeness (QED) is 0.368. The van der Waals surface area contributed by atoms with Crippen molar-refractivity contribution in [1.29, 1.82) is 0 Å². The van der Waals surface area contributed by atoms with Gasteiger partial charge >= 0.3 is 8.56 Å². The molecular weight excluding hydrogens is 192 g/mol. The van der Waals surface area contributed by atoms with Crippen molar-refractivity contribution in [1.82, 2.24) is 0 Å². The number of rotatable bonds is 7. The summed E-state index contributed by atoms with van der Waals surface area (Å²) in [6, 6.07) is 0. The summed E-state index contributed by atoms with van der Waals surface area (Å²) in [6.45, 7) is 6.43. The van der Waals surface area contributed by atoms with Crippen LogP contribution in [0.5, 0.6) is 0 Å². The molecule has 0 saturated carbocycles. The fraction of sp³-hybridized carbons (Fsp3) is 0.818. The smallest absolute Gasteiger partial charge is 0.337 e. The van der Waals surface area contributed by atoms with Gasteiger partial charge in [-0.25, -0.2) is 0 Å². The van der Waals surface area contributed by atoms with E-state index < -0.39 is 8.56 Å². The maximum absolute atomic E-state index is 5.50. The molecule has 0 aliphatic rings. The SMILES string of the molecule is CC=CCCCC(C)[Si](C)(OC)OC. The highest BCUT2D eigenvalue weighted by Gasteiger charge is 2.35. The summed E-state index contributed by atoms with van der Waals surface area (Å²) in [5.74, 6) is 0. The zero-order valence-electron chi connectivity index (χ0n) is 10.2. The molecule has 1 unspecified atom stereocenters. The molecule has 0 N–H and O–H groups in total. The molecule has 0 aromatic carbocycles. The van der Waals surface area contributed by atoms with Crippen LogP contribution in [0.1, 0.15) is 33.1 Å². The molecule has 0 aromatic rings. The zero-order valence-corrected chi connectivity index (χ0v) is 11.2. The van der Waals surface area contributed by atoms with Crippen molar-refractivity contribution < 1.29 is 8.85 Å². The van der Waals surface area contributed by atoms with Gasteiger partial charge in [0.15, 0.2) is 0 Å². The third kappa shape index (κ3) is 4.40. The van der Waals surface area contributed by atoms with Crippen molar-refractivity contribution in [2.75, 3.05) is 14.2 Å². The van der Waals surface area contributed by atoms with Crippen LogP contribution in [0.25, 0.3) is 0 Å². The molecule has 0 aromatic heterocycles. The topological polar surface area (TPSA) is 18.5 Å². The Morgan fingerprint density at radius 1 is 1.29 bits per heavy atom. The Balaban J connectivity index is 3.86. The summed E-state index contributed by atoms with van der Waals surface area (Å²) < 4.78 is 11.0. The average molecular weight is 216 g/mol. The molecule has 0 amide bonds. The zero-order chi connectivity index (χ0) is 11.0. The summed E-state index contributed by atoms with van der Waals surface area (Å²) in [6.07, 6.45) is 7.90. The minimum absolute atomic E-state index is 0.558. The van der Waals surface area contributed by atoms with Gasteiger partial charge in [-0.15, -0.1) is 0 Å². The first kappa shape index (κ1) is 13.9. The van der Waals surface area contributed by atoms with E-state index in [4.69, 9.17) is 8.85 Å². The van der Waals surface area contributed by atoms with E-state index in [2.05, 4.69) is 32.5 Å². The highest BCUT2D eigenvalue weighted by molar-refractivity contribution is 6.67. The molecule has 2 nitrogen and oxygen atoms in total. The van der Waals surface area contributed by atoms with E-state index in [9.17, 15) is 0 Å². The van der Waals surface area contributed by atoms with Crippen molar-refractivity contribution in [3.05, 3.63) is 12.2 Å². The molecule has 14 heavy (non-hydrogen) atoms. The lowest BCUT2D eigenvalue weighted by Crippen LogP contribution is -2.40. The van der Waals surface area contributed by atoms with Crippen molar-refractivity contribution in [3.63, 3.8) is 0 Å². The van der Waals surface area contributed by atoms with E-state index in [0.717, 1.165) is 0 Å². The van der Waals surface area contributed by atoms with Crippen molar-refractivity contribution in [2.45, 2.75) is 45.2 Å². The molecule has 84 valence electrons. The molecule has 0 aliphatic heterocycles. The van der Waals surface area contributed by atoms with Gasteiger partial charge in [0.1, 0.15) is 0 Å². The number of hydrogen-bond donors (Lipinski definition) is 0. The lowest BCUT2D eigenvalue weighted by Gasteiger charge is -2.29. The summed E-state index contributed by atoms with van der Waals surface area (Å²) in [5.41, 5.74) is 0.558. The molecule has 0 heterocycles. The molecule has 0 fully saturated rings. The summed E-state index contributed by atoms with van der Waals surface area (Å²) >= 11 is 0. The second kappa shape index (κ2) is 7.21. The van der Waals surface area contributed by atoms with Gasteiger partial charge in [-0.1, -0.05) is 19.1 Å². The van der Waals surface area contributed by atoms with Crippen LogP contribution in [-0.4, -0.2) is 22.8 Å². The van der Waals surface area contributed by atoms with Gasteiger partial charge in [-0.3, -0.25) is 0 Å². The van der Waals surface area contributed by atoms with E-state index in [0.29, 0.717) is 5.54 Å². The first-order valence-electron chi connectivity index (χ1n) is 5.32. The molecule has 0 aliphatic carbocycles. The van der Waals surface area contributed by atoms with Gasteiger partial charge in [0.05, 0.1) is 0 Å². The standard InChI is InChI=1S/C11H24O2Si/c1-6-7-8-9-10-11(2)14(5,12-3)13-4/h6-7,11H,8-10H2,1-5H3. The molecule has 0 bridgehead atoms. The predicted molar refractivity (Wildman–Crippen MR) is 63.7 cm³/mol. The molecule has 3 heteroatoms. The second-order valence-corrected chi connectivity index (χ2v) is 7.66. The van der Waals surface area contributed by atoms with Crippen LogP contribution in [0.3, 0.4) is 0 Å². The van der Waals surface area contributed by atoms with Gasteiger partial charge in [0, 0.05) is 14.2 Å². The van der Waals surface area contributed by atoms with Gasteiger partial charge in [0.25, 0.3) is 0 Å². The number of allylic oxidation sites excluding steroid dienone is 2. The van der Waals surface area contributed by atoms with Crippen LogP contribution >= 0.6 is 0 Å². The molecule has 1 atom stereocenters. The van der Waals surface area contributed by atoms with Gasteiger partial charge in [0.2, 0.25) is 0 Å². The highest BCUT2D eigenvalue weighted by atomic mass is 28.4. The molecule has 0 spiro atoms. The van der Waals surface area contributed by atoms with E-state index in [1.165, 1.54) is 19.3 Å². The maximum Gasteiger partial charge on any atom is 0.337 e. The Morgan fingerprint density at radius 3 is 2.29 bits per heavy atom. The van der Waals surface area contributed by atoms with Crippen LogP contribution in [0.15, 0.2) is 12.2 Å². The number of hydrogen-bond acceptors (Lipinski definition) is 2. The summed E-state index contributed by atoms with van der Waals surface area (Å²) in [7, 11) is 1.64.